The second-order valence-electron chi connectivity index (χ2n) is 3.79. The van der Waals surface area contributed by atoms with Gasteiger partial charge in [-0.25, -0.2) is 4.39 Å². The van der Waals surface area contributed by atoms with Gasteiger partial charge in [0.1, 0.15) is 0 Å². The third-order valence-corrected chi connectivity index (χ3v) is 2.41. The first-order chi connectivity index (χ1) is 7.63. The molecule has 1 heterocycles. The topological polar surface area (TPSA) is 53.7 Å². The monoisotopic (exact) mass is 227 g/mol. The highest BCUT2D eigenvalue weighted by Crippen LogP contribution is 2.42. The van der Waals surface area contributed by atoms with Crippen LogP contribution in [-0.2, 0) is 6.42 Å². The second kappa shape index (κ2) is 4.17. The van der Waals surface area contributed by atoms with Crippen LogP contribution in [0.4, 0.5) is 4.39 Å². The van der Waals surface area contributed by atoms with Gasteiger partial charge in [0.15, 0.2) is 23.1 Å². The maximum Gasteiger partial charge on any atom is 0.231 e. The molecule has 1 atom stereocenters. The largest absolute Gasteiger partial charge is 0.494 e. The fraction of sp³-hybridized carbons (Fsp3) is 0.455. The van der Waals surface area contributed by atoms with Gasteiger partial charge < -0.3 is 19.9 Å². The Labute approximate surface area is 93.1 Å². The van der Waals surface area contributed by atoms with Crippen LogP contribution in [0.5, 0.6) is 17.2 Å². The number of benzene rings is 1. The first-order valence-corrected chi connectivity index (χ1v) is 5.04. The van der Waals surface area contributed by atoms with E-state index in [0.717, 1.165) is 0 Å². The van der Waals surface area contributed by atoms with Crippen LogP contribution in [0.2, 0.25) is 0 Å². The van der Waals surface area contributed by atoms with E-state index in [4.69, 9.17) is 19.9 Å². The number of hydrogen-bond donors (Lipinski definition) is 1. The van der Waals surface area contributed by atoms with E-state index < -0.39 is 5.82 Å². The summed E-state index contributed by atoms with van der Waals surface area (Å²) >= 11 is 0. The number of rotatable bonds is 3. The molecule has 5 heteroatoms. The fourth-order valence-electron chi connectivity index (χ4n) is 1.72. The van der Waals surface area contributed by atoms with Gasteiger partial charge >= 0.3 is 0 Å². The van der Waals surface area contributed by atoms with E-state index in [9.17, 15) is 4.39 Å². The van der Waals surface area contributed by atoms with E-state index in [1.165, 1.54) is 13.2 Å². The van der Waals surface area contributed by atoms with Gasteiger partial charge in [-0.2, -0.15) is 0 Å². The maximum absolute atomic E-state index is 14.0. The second-order valence-corrected chi connectivity index (χ2v) is 3.79. The Morgan fingerprint density at radius 1 is 1.56 bits per heavy atom. The Morgan fingerprint density at radius 3 is 2.94 bits per heavy atom. The molecule has 16 heavy (non-hydrogen) atoms. The lowest BCUT2D eigenvalue weighted by Crippen LogP contribution is -2.19. The van der Waals surface area contributed by atoms with Gasteiger partial charge in [-0.1, -0.05) is 0 Å². The van der Waals surface area contributed by atoms with Crippen molar-refractivity contribution >= 4 is 0 Å². The smallest absolute Gasteiger partial charge is 0.231 e. The fourth-order valence-corrected chi connectivity index (χ4v) is 1.72. The minimum Gasteiger partial charge on any atom is -0.494 e. The van der Waals surface area contributed by atoms with Crippen molar-refractivity contribution in [2.45, 2.75) is 19.4 Å². The molecule has 1 aliphatic rings. The molecule has 88 valence electrons. The molecule has 0 aromatic heterocycles. The summed E-state index contributed by atoms with van der Waals surface area (Å²) in [6.45, 7) is 1.91. The molecule has 0 saturated heterocycles. The van der Waals surface area contributed by atoms with E-state index in [-0.39, 0.29) is 18.6 Å². The number of methoxy groups -OCH3 is 1. The van der Waals surface area contributed by atoms with Crippen molar-refractivity contribution in [1.82, 2.24) is 0 Å². The van der Waals surface area contributed by atoms with Crippen LogP contribution in [0.25, 0.3) is 0 Å². The van der Waals surface area contributed by atoms with Gasteiger partial charge in [-0.15, -0.1) is 0 Å². The molecule has 1 aromatic carbocycles. The zero-order valence-electron chi connectivity index (χ0n) is 9.25. The van der Waals surface area contributed by atoms with Gasteiger partial charge in [-0.3, -0.25) is 0 Å². The van der Waals surface area contributed by atoms with Gasteiger partial charge in [-0.05, 0) is 13.3 Å². The normalized spacial score (nSPS) is 15.0. The van der Waals surface area contributed by atoms with E-state index in [2.05, 4.69) is 0 Å². The van der Waals surface area contributed by atoms with E-state index in [1.54, 1.807) is 6.92 Å². The average molecular weight is 227 g/mol. The lowest BCUT2D eigenvalue weighted by Gasteiger charge is -2.12. The van der Waals surface area contributed by atoms with Crippen molar-refractivity contribution in [3.63, 3.8) is 0 Å². The minimum absolute atomic E-state index is 0.105. The van der Waals surface area contributed by atoms with E-state index >= 15 is 0 Å². The van der Waals surface area contributed by atoms with Crippen LogP contribution in [0.3, 0.4) is 0 Å². The summed E-state index contributed by atoms with van der Waals surface area (Å²) in [4.78, 5) is 0. The highest BCUT2D eigenvalue weighted by molar-refractivity contribution is 5.54. The molecule has 0 fully saturated rings. The lowest BCUT2D eigenvalue weighted by atomic mass is 10.0. The Kier molecular flexibility index (Phi) is 2.87. The zero-order valence-corrected chi connectivity index (χ0v) is 9.25. The lowest BCUT2D eigenvalue weighted by molar-refractivity contribution is 0.173. The summed E-state index contributed by atoms with van der Waals surface area (Å²) in [7, 11) is 1.41. The molecule has 0 amide bonds. The van der Waals surface area contributed by atoms with Crippen molar-refractivity contribution in [3.8, 4) is 17.2 Å². The molecule has 4 nitrogen and oxygen atoms in total. The quantitative estimate of drug-likeness (QED) is 0.849. The summed E-state index contributed by atoms with van der Waals surface area (Å²) in [6, 6.07) is 1.33. The van der Waals surface area contributed by atoms with Crippen molar-refractivity contribution in [2.24, 2.45) is 5.73 Å². The minimum atomic E-state index is -0.427. The van der Waals surface area contributed by atoms with Crippen molar-refractivity contribution in [3.05, 3.63) is 17.4 Å². The summed E-state index contributed by atoms with van der Waals surface area (Å²) < 4.78 is 29.4. The third-order valence-electron chi connectivity index (χ3n) is 2.41. The van der Waals surface area contributed by atoms with Gasteiger partial charge in [0.25, 0.3) is 0 Å². The number of fused-ring (bicyclic) bond motifs is 1. The van der Waals surface area contributed by atoms with Gasteiger partial charge in [0.05, 0.1) is 7.11 Å². The molecule has 0 bridgehead atoms. The molecule has 2 N–H and O–H groups in total. The molecule has 0 radical (unpaired) electrons. The van der Waals surface area contributed by atoms with Gasteiger partial charge in [0.2, 0.25) is 6.79 Å². The molecular weight excluding hydrogens is 213 g/mol. The van der Waals surface area contributed by atoms with Crippen molar-refractivity contribution in [1.29, 1.82) is 0 Å². The van der Waals surface area contributed by atoms with Gasteiger partial charge in [0, 0.05) is 17.7 Å². The van der Waals surface area contributed by atoms with Crippen LogP contribution in [0.15, 0.2) is 6.07 Å². The van der Waals surface area contributed by atoms with Crippen LogP contribution < -0.4 is 19.9 Å². The first kappa shape index (κ1) is 11.0. The van der Waals surface area contributed by atoms with Crippen LogP contribution >= 0.6 is 0 Å². The summed E-state index contributed by atoms with van der Waals surface area (Å²) in [6.07, 6.45) is 0.384. The summed E-state index contributed by atoms with van der Waals surface area (Å²) in [5.41, 5.74) is 6.09. The SMILES string of the molecule is COc1cc2c(c(CC(C)N)c1F)OCO2. The number of ether oxygens (including phenoxy) is 3. The maximum atomic E-state index is 14.0. The van der Waals surface area contributed by atoms with E-state index in [0.29, 0.717) is 23.5 Å². The van der Waals surface area contributed by atoms with Crippen molar-refractivity contribution < 1.29 is 18.6 Å². The summed E-state index contributed by atoms with van der Waals surface area (Å²) in [5, 5.41) is 0. The molecule has 0 spiro atoms. The zero-order chi connectivity index (χ0) is 11.7. The molecule has 1 aromatic rings. The first-order valence-electron chi connectivity index (χ1n) is 5.04. The van der Waals surface area contributed by atoms with Crippen LogP contribution in [-0.4, -0.2) is 19.9 Å². The molecule has 0 saturated carbocycles. The number of halogens is 1. The van der Waals surface area contributed by atoms with Crippen molar-refractivity contribution in [2.75, 3.05) is 13.9 Å². The Morgan fingerprint density at radius 2 is 2.31 bits per heavy atom. The standard InChI is InChI=1S/C11H14FNO3/c1-6(13)3-7-10(12)8(14-2)4-9-11(7)16-5-15-9/h4,6H,3,5,13H2,1-2H3. The number of nitrogens with two attached hydrogens (primary N) is 1. The van der Waals surface area contributed by atoms with E-state index in [1.807, 2.05) is 0 Å². The molecule has 1 aliphatic heterocycles. The van der Waals surface area contributed by atoms with Crippen LogP contribution in [0.1, 0.15) is 12.5 Å². The molecule has 0 aliphatic carbocycles. The summed E-state index contributed by atoms with van der Waals surface area (Å²) in [5.74, 6) is 0.674. The average Bonchev–Trinajstić information content (AvgIpc) is 2.69. The van der Waals surface area contributed by atoms with Crippen LogP contribution in [0, 0.1) is 5.82 Å². The number of hydrogen-bond acceptors (Lipinski definition) is 4. The predicted molar refractivity (Wildman–Crippen MR) is 56.4 cm³/mol. The predicted octanol–water partition coefficient (Wildman–Crippen LogP) is 1.45. The Bertz CT molecular complexity index is 406. The third kappa shape index (κ3) is 1.78. The highest BCUT2D eigenvalue weighted by Gasteiger charge is 2.25. The molecular formula is C11H14FNO3. The molecule has 2 rings (SSSR count). The highest BCUT2D eigenvalue weighted by atomic mass is 19.1. The Balaban J connectivity index is 2.50. The molecule has 1 unspecified atom stereocenters. The Hall–Kier alpha value is -1.49.